The van der Waals surface area contributed by atoms with E-state index in [2.05, 4.69) is 37.4 Å². The summed E-state index contributed by atoms with van der Waals surface area (Å²) in [6.45, 7) is 6.57. The molecule has 0 spiro atoms. The molecular weight excluding hydrogens is 174 g/mol. The van der Waals surface area contributed by atoms with Gasteiger partial charge in [-0.05, 0) is 19.8 Å². The number of nitrogens with zero attached hydrogens (tertiary/aromatic N) is 2. The van der Waals surface area contributed by atoms with Gasteiger partial charge in [0.25, 0.3) is 0 Å². The third-order valence-electron chi connectivity index (χ3n) is 2.36. The summed E-state index contributed by atoms with van der Waals surface area (Å²) < 4.78 is 1.87. The van der Waals surface area contributed by atoms with Gasteiger partial charge in [-0.3, -0.25) is 4.68 Å². The van der Waals surface area contributed by atoms with Crippen molar-refractivity contribution in [3.05, 3.63) is 11.9 Å². The maximum absolute atomic E-state index is 4.40. The van der Waals surface area contributed by atoms with E-state index in [4.69, 9.17) is 0 Å². The third kappa shape index (κ3) is 2.76. The number of rotatable bonds is 5. The molecular formula is C11H21N3. The molecule has 1 rings (SSSR count). The molecule has 0 fully saturated rings. The highest BCUT2D eigenvalue weighted by Crippen LogP contribution is 2.15. The summed E-state index contributed by atoms with van der Waals surface area (Å²) >= 11 is 0. The van der Waals surface area contributed by atoms with Crippen LogP contribution < -0.4 is 5.32 Å². The van der Waals surface area contributed by atoms with Crippen LogP contribution in [0.5, 0.6) is 0 Å². The van der Waals surface area contributed by atoms with E-state index < -0.39 is 0 Å². The Labute approximate surface area is 86.5 Å². The van der Waals surface area contributed by atoms with E-state index >= 15 is 0 Å². The summed E-state index contributed by atoms with van der Waals surface area (Å²) in [6, 6.07) is 0.537. The highest BCUT2D eigenvalue weighted by atomic mass is 15.3. The average Bonchev–Trinajstić information content (AvgIpc) is 2.46. The lowest BCUT2D eigenvalue weighted by Crippen LogP contribution is -2.14. The van der Waals surface area contributed by atoms with Crippen LogP contribution in [0.25, 0.3) is 0 Å². The lowest BCUT2D eigenvalue weighted by molar-refractivity contribution is 0.689. The number of nitrogens with one attached hydrogen (secondary N) is 1. The maximum Gasteiger partial charge on any atom is 0.0853 e. The summed E-state index contributed by atoms with van der Waals surface area (Å²) in [5, 5.41) is 7.90. The topological polar surface area (TPSA) is 29.9 Å². The zero-order valence-corrected chi connectivity index (χ0v) is 9.67. The molecule has 1 aromatic heterocycles. The first-order chi connectivity index (χ1) is 6.67. The Morgan fingerprint density at radius 1 is 1.50 bits per heavy atom. The van der Waals surface area contributed by atoms with Crippen LogP contribution in [-0.2, 0) is 13.5 Å². The lowest BCUT2D eigenvalue weighted by atomic mass is 10.2. The van der Waals surface area contributed by atoms with Crippen LogP contribution in [0.15, 0.2) is 6.20 Å². The first-order valence-electron chi connectivity index (χ1n) is 5.46. The largest absolute Gasteiger partial charge is 0.380 e. The molecule has 1 atom stereocenters. The summed E-state index contributed by atoms with van der Waals surface area (Å²) in [5.41, 5.74) is 2.35. The van der Waals surface area contributed by atoms with E-state index in [1.54, 1.807) is 0 Å². The predicted octanol–water partition coefficient (Wildman–Crippen LogP) is 2.58. The Hall–Kier alpha value is -0.990. The SMILES string of the molecule is CCCC(C)Nc1cn(C)nc1CC. The normalized spacial score (nSPS) is 12.9. The van der Waals surface area contributed by atoms with Crippen molar-refractivity contribution < 1.29 is 0 Å². The standard InChI is InChI=1S/C11H21N3/c1-5-7-9(3)12-11-8-14(4)13-10(11)6-2/h8-9,12H,5-7H2,1-4H3. The number of hydrogen-bond acceptors (Lipinski definition) is 2. The van der Waals surface area contributed by atoms with Gasteiger partial charge >= 0.3 is 0 Å². The van der Waals surface area contributed by atoms with Crippen molar-refractivity contribution in [2.75, 3.05) is 5.32 Å². The first-order valence-corrected chi connectivity index (χ1v) is 5.46. The second-order valence-electron chi connectivity index (χ2n) is 3.85. The fourth-order valence-electron chi connectivity index (χ4n) is 1.69. The molecule has 0 aliphatic heterocycles. The van der Waals surface area contributed by atoms with Crippen LogP contribution in [0.1, 0.15) is 39.3 Å². The Balaban J connectivity index is 2.65. The fourth-order valence-corrected chi connectivity index (χ4v) is 1.69. The van der Waals surface area contributed by atoms with E-state index in [9.17, 15) is 0 Å². The molecule has 14 heavy (non-hydrogen) atoms. The molecule has 1 unspecified atom stereocenters. The Morgan fingerprint density at radius 3 is 2.79 bits per heavy atom. The van der Waals surface area contributed by atoms with Gasteiger partial charge < -0.3 is 5.32 Å². The highest BCUT2D eigenvalue weighted by Gasteiger charge is 2.07. The quantitative estimate of drug-likeness (QED) is 0.782. The minimum Gasteiger partial charge on any atom is -0.380 e. The average molecular weight is 195 g/mol. The minimum absolute atomic E-state index is 0.537. The second-order valence-corrected chi connectivity index (χ2v) is 3.85. The lowest BCUT2D eigenvalue weighted by Gasteiger charge is -2.13. The van der Waals surface area contributed by atoms with Crippen LogP contribution >= 0.6 is 0 Å². The predicted molar refractivity (Wildman–Crippen MR) is 60.6 cm³/mol. The van der Waals surface area contributed by atoms with Gasteiger partial charge in [0.2, 0.25) is 0 Å². The van der Waals surface area contributed by atoms with Gasteiger partial charge in [0.15, 0.2) is 0 Å². The summed E-state index contributed by atoms with van der Waals surface area (Å²) in [6.07, 6.45) is 5.47. The van der Waals surface area contributed by atoms with E-state index in [1.165, 1.54) is 18.5 Å². The molecule has 80 valence electrons. The van der Waals surface area contributed by atoms with E-state index in [0.29, 0.717) is 6.04 Å². The molecule has 0 aromatic carbocycles. The summed E-state index contributed by atoms with van der Waals surface area (Å²) in [4.78, 5) is 0. The van der Waals surface area contributed by atoms with Crippen molar-refractivity contribution in [1.82, 2.24) is 9.78 Å². The number of anilines is 1. The van der Waals surface area contributed by atoms with Gasteiger partial charge in [-0.2, -0.15) is 5.10 Å². The van der Waals surface area contributed by atoms with Gasteiger partial charge in [-0.15, -0.1) is 0 Å². The molecule has 1 heterocycles. The van der Waals surface area contributed by atoms with Gasteiger partial charge in [-0.25, -0.2) is 0 Å². The van der Waals surface area contributed by atoms with Crippen molar-refractivity contribution in [2.45, 2.75) is 46.1 Å². The smallest absolute Gasteiger partial charge is 0.0853 e. The Bertz CT molecular complexity index is 278. The molecule has 1 aromatic rings. The molecule has 3 nitrogen and oxygen atoms in total. The van der Waals surface area contributed by atoms with Crippen molar-refractivity contribution in [1.29, 1.82) is 0 Å². The molecule has 0 amide bonds. The van der Waals surface area contributed by atoms with Gasteiger partial charge in [0.05, 0.1) is 11.4 Å². The van der Waals surface area contributed by atoms with Gasteiger partial charge in [-0.1, -0.05) is 20.3 Å². The van der Waals surface area contributed by atoms with Crippen LogP contribution in [0.3, 0.4) is 0 Å². The van der Waals surface area contributed by atoms with Crippen LogP contribution in [0, 0.1) is 0 Å². The van der Waals surface area contributed by atoms with E-state index in [0.717, 1.165) is 12.1 Å². The zero-order chi connectivity index (χ0) is 10.6. The Morgan fingerprint density at radius 2 is 2.21 bits per heavy atom. The summed E-state index contributed by atoms with van der Waals surface area (Å²) in [7, 11) is 1.97. The second kappa shape index (κ2) is 5.03. The van der Waals surface area contributed by atoms with Gasteiger partial charge in [0, 0.05) is 19.3 Å². The summed E-state index contributed by atoms with van der Waals surface area (Å²) in [5.74, 6) is 0. The van der Waals surface area contributed by atoms with Crippen molar-refractivity contribution in [2.24, 2.45) is 7.05 Å². The molecule has 0 aliphatic carbocycles. The first kappa shape index (κ1) is 11.1. The molecule has 0 saturated carbocycles. The number of aryl methyl sites for hydroxylation is 2. The van der Waals surface area contributed by atoms with E-state index in [1.807, 2.05) is 11.7 Å². The molecule has 0 bridgehead atoms. The molecule has 1 N–H and O–H groups in total. The number of aromatic nitrogens is 2. The van der Waals surface area contributed by atoms with Crippen molar-refractivity contribution in [3.8, 4) is 0 Å². The van der Waals surface area contributed by atoms with Crippen LogP contribution in [0.4, 0.5) is 5.69 Å². The molecule has 3 heteroatoms. The van der Waals surface area contributed by atoms with E-state index in [-0.39, 0.29) is 0 Å². The zero-order valence-electron chi connectivity index (χ0n) is 9.67. The molecule has 0 aliphatic rings. The maximum atomic E-state index is 4.40. The minimum atomic E-state index is 0.537. The van der Waals surface area contributed by atoms with Crippen molar-refractivity contribution in [3.63, 3.8) is 0 Å². The highest BCUT2D eigenvalue weighted by molar-refractivity contribution is 5.46. The van der Waals surface area contributed by atoms with Gasteiger partial charge in [0.1, 0.15) is 0 Å². The monoisotopic (exact) mass is 195 g/mol. The van der Waals surface area contributed by atoms with Crippen molar-refractivity contribution >= 4 is 5.69 Å². The molecule has 0 radical (unpaired) electrons. The van der Waals surface area contributed by atoms with Crippen LogP contribution in [0.2, 0.25) is 0 Å². The molecule has 0 saturated heterocycles. The fraction of sp³-hybridized carbons (Fsp3) is 0.727. The third-order valence-corrected chi connectivity index (χ3v) is 2.36. The Kier molecular flexibility index (Phi) is 3.98. The number of hydrogen-bond donors (Lipinski definition) is 1. The van der Waals surface area contributed by atoms with Crippen LogP contribution in [-0.4, -0.2) is 15.8 Å².